The van der Waals surface area contributed by atoms with Crippen molar-refractivity contribution in [1.29, 1.82) is 0 Å². The van der Waals surface area contributed by atoms with Crippen LogP contribution in [0.3, 0.4) is 0 Å². The molecular formula is C12H10BrFN2O. The number of halogens is 2. The second-order valence-corrected chi connectivity index (χ2v) is 4.24. The van der Waals surface area contributed by atoms with E-state index < -0.39 is 0 Å². The van der Waals surface area contributed by atoms with Gasteiger partial charge in [-0.2, -0.15) is 5.10 Å². The van der Waals surface area contributed by atoms with Gasteiger partial charge in [0.05, 0.1) is 12.2 Å². The van der Waals surface area contributed by atoms with Gasteiger partial charge in [-0.3, -0.25) is 4.79 Å². The maximum absolute atomic E-state index is 13.6. The third kappa shape index (κ3) is 2.61. The summed E-state index contributed by atoms with van der Waals surface area (Å²) in [6, 6.07) is 9.30. The number of aromatic nitrogens is 2. The first-order valence-electron chi connectivity index (χ1n) is 5.11. The second-order valence-electron chi connectivity index (χ2n) is 3.45. The van der Waals surface area contributed by atoms with Crippen molar-refractivity contribution in [3.05, 3.63) is 52.6 Å². The average Bonchev–Trinajstić information content (AvgIpc) is 2.33. The summed E-state index contributed by atoms with van der Waals surface area (Å²) < 4.78 is 14.9. The van der Waals surface area contributed by atoms with Gasteiger partial charge in [0.25, 0.3) is 5.56 Å². The summed E-state index contributed by atoms with van der Waals surface area (Å²) >= 11 is 3.24. The molecule has 1 heterocycles. The third-order valence-corrected chi connectivity index (χ3v) is 2.67. The van der Waals surface area contributed by atoms with Crippen LogP contribution in [0.2, 0.25) is 0 Å². The summed E-state index contributed by atoms with van der Waals surface area (Å²) in [7, 11) is 0. The van der Waals surface area contributed by atoms with Gasteiger partial charge in [0.1, 0.15) is 5.82 Å². The summed E-state index contributed by atoms with van der Waals surface area (Å²) in [4.78, 5) is 11.5. The zero-order valence-corrected chi connectivity index (χ0v) is 10.5. The highest BCUT2D eigenvalue weighted by molar-refractivity contribution is 9.09. The summed E-state index contributed by atoms with van der Waals surface area (Å²) in [5.41, 5.74) is 0.670. The number of rotatable bonds is 3. The molecule has 0 aliphatic rings. The van der Waals surface area contributed by atoms with E-state index in [-0.39, 0.29) is 11.4 Å². The third-order valence-electron chi connectivity index (χ3n) is 2.31. The molecular weight excluding hydrogens is 287 g/mol. The lowest BCUT2D eigenvalue weighted by Gasteiger charge is -2.06. The Kier molecular flexibility index (Phi) is 3.68. The van der Waals surface area contributed by atoms with Gasteiger partial charge in [-0.15, -0.1) is 0 Å². The molecule has 5 heteroatoms. The maximum Gasteiger partial charge on any atom is 0.266 e. The largest absolute Gasteiger partial charge is 0.268 e. The quantitative estimate of drug-likeness (QED) is 0.816. The molecule has 0 unspecified atom stereocenters. The molecule has 0 N–H and O–H groups in total. The van der Waals surface area contributed by atoms with Crippen LogP contribution in [-0.4, -0.2) is 15.1 Å². The number of alkyl halides is 1. The smallest absolute Gasteiger partial charge is 0.266 e. The van der Waals surface area contributed by atoms with E-state index in [1.165, 1.54) is 22.9 Å². The Morgan fingerprint density at radius 1 is 1.24 bits per heavy atom. The van der Waals surface area contributed by atoms with Crippen LogP contribution in [0, 0.1) is 5.82 Å². The van der Waals surface area contributed by atoms with Crippen LogP contribution in [0.25, 0.3) is 11.3 Å². The van der Waals surface area contributed by atoms with E-state index >= 15 is 0 Å². The Morgan fingerprint density at radius 2 is 2.00 bits per heavy atom. The number of hydrogen-bond donors (Lipinski definition) is 0. The van der Waals surface area contributed by atoms with E-state index in [4.69, 9.17) is 0 Å². The lowest BCUT2D eigenvalue weighted by Crippen LogP contribution is -2.22. The lowest BCUT2D eigenvalue weighted by molar-refractivity contribution is 0.614. The fourth-order valence-corrected chi connectivity index (χ4v) is 1.84. The van der Waals surface area contributed by atoms with Gasteiger partial charge in [0, 0.05) is 17.0 Å². The molecule has 3 nitrogen and oxygen atoms in total. The Morgan fingerprint density at radius 3 is 2.71 bits per heavy atom. The van der Waals surface area contributed by atoms with E-state index in [0.717, 1.165) is 0 Å². The Bertz CT molecular complexity index is 583. The first kappa shape index (κ1) is 12.0. The molecule has 0 amide bonds. The Labute approximate surface area is 106 Å². The van der Waals surface area contributed by atoms with Crippen LogP contribution in [0.15, 0.2) is 41.2 Å². The van der Waals surface area contributed by atoms with Gasteiger partial charge >= 0.3 is 0 Å². The zero-order chi connectivity index (χ0) is 12.3. The number of aryl methyl sites for hydroxylation is 1. The molecule has 1 aromatic carbocycles. The molecule has 0 bridgehead atoms. The van der Waals surface area contributed by atoms with Crippen molar-refractivity contribution in [1.82, 2.24) is 9.78 Å². The molecule has 17 heavy (non-hydrogen) atoms. The van der Waals surface area contributed by atoms with Gasteiger partial charge in [0.15, 0.2) is 0 Å². The number of benzene rings is 1. The number of hydrogen-bond acceptors (Lipinski definition) is 2. The van der Waals surface area contributed by atoms with Gasteiger partial charge in [-0.25, -0.2) is 9.07 Å². The van der Waals surface area contributed by atoms with Crippen molar-refractivity contribution in [2.75, 3.05) is 5.33 Å². The predicted octanol–water partition coefficient (Wildman–Crippen LogP) is 2.44. The van der Waals surface area contributed by atoms with E-state index in [1.807, 2.05) is 0 Å². The monoisotopic (exact) mass is 296 g/mol. The normalized spacial score (nSPS) is 10.5. The van der Waals surface area contributed by atoms with Crippen LogP contribution >= 0.6 is 15.9 Å². The molecule has 1 aromatic heterocycles. The van der Waals surface area contributed by atoms with Gasteiger partial charge in [-0.1, -0.05) is 28.1 Å². The molecule has 88 valence electrons. The second kappa shape index (κ2) is 5.23. The van der Waals surface area contributed by atoms with Crippen LogP contribution in [0.5, 0.6) is 0 Å². The average molecular weight is 297 g/mol. The minimum absolute atomic E-state index is 0.190. The molecule has 2 rings (SSSR count). The molecule has 0 aliphatic carbocycles. The standard InChI is InChI=1S/C12H10BrFN2O/c13-7-8-16-12(17)6-5-11(15-16)9-3-1-2-4-10(9)14/h1-6H,7-8H2. The van der Waals surface area contributed by atoms with Crippen LogP contribution in [0.4, 0.5) is 4.39 Å². The summed E-state index contributed by atoms with van der Waals surface area (Å²) in [6.45, 7) is 0.459. The Hall–Kier alpha value is -1.49. The minimum atomic E-state index is -0.343. The highest BCUT2D eigenvalue weighted by Gasteiger charge is 2.07. The highest BCUT2D eigenvalue weighted by atomic mass is 79.9. The molecule has 0 aliphatic heterocycles. The molecule has 0 saturated heterocycles. The van der Waals surface area contributed by atoms with Crippen molar-refractivity contribution in [2.24, 2.45) is 0 Å². The minimum Gasteiger partial charge on any atom is -0.268 e. The van der Waals surface area contributed by atoms with Crippen LogP contribution in [-0.2, 0) is 6.54 Å². The van der Waals surface area contributed by atoms with E-state index in [2.05, 4.69) is 21.0 Å². The van der Waals surface area contributed by atoms with Crippen molar-refractivity contribution in [3.8, 4) is 11.3 Å². The lowest BCUT2D eigenvalue weighted by atomic mass is 10.1. The van der Waals surface area contributed by atoms with Crippen molar-refractivity contribution in [2.45, 2.75) is 6.54 Å². The molecule has 2 aromatic rings. The van der Waals surface area contributed by atoms with E-state index in [0.29, 0.717) is 23.1 Å². The molecule has 0 saturated carbocycles. The molecule has 0 spiro atoms. The van der Waals surface area contributed by atoms with Gasteiger partial charge < -0.3 is 0 Å². The van der Waals surface area contributed by atoms with Crippen LogP contribution < -0.4 is 5.56 Å². The predicted molar refractivity (Wildman–Crippen MR) is 67.7 cm³/mol. The van der Waals surface area contributed by atoms with E-state index in [1.54, 1.807) is 18.2 Å². The zero-order valence-electron chi connectivity index (χ0n) is 8.94. The first-order chi connectivity index (χ1) is 8.22. The van der Waals surface area contributed by atoms with Gasteiger partial charge in [-0.05, 0) is 18.2 Å². The summed E-state index contributed by atoms with van der Waals surface area (Å²) in [6.07, 6.45) is 0. The van der Waals surface area contributed by atoms with E-state index in [9.17, 15) is 9.18 Å². The van der Waals surface area contributed by atoms with Crippen LogP contribution in [0.1, 0.15) is 0 Å². The fourth-order valence-electron chi connectivity index (χ4n) is 1.50. The molecule has 0 radical (unpaired) electrons. The highest BCUT2D eigenvalue weighted by Crippen LogP contribution is 2.18. The first-order valence-corrected chi connectivity index (χ1v) is 6.23. The van der Waals surface area contributed by atoms with Crippen molar-refractivity contribution >= 4 is 15.9 Å². The summed E-state index contributed by atoms with van der Waals surface area (Å²) in [5.74, 6) is -0.343. The topological polar surface area (TPSA) is 34.9 Å². The van der Waals surface area contributed by atoms with Gasteiger partial charge in [0.2, 0.25) is 0 Å². The fraction of sp³-hybridized carbons (Fsp3) is 0.167. The number of nitrogens with zero attached hydrogens (tertiary/aromatic N) is 2. The Balaban J connectivity index is 2.50. The summed E-state index contributed by atoms with van der Waals surface area (Å²) in [5, 5.41) is 4.75. The maximum atomic E-state index is 13.6. The van der Waals surface area contributed by atoms with Crippen molar-refractivity contribution in [3.63, 3.8) is 0 Å². The molecule has 0 fully saturated rings. The molecule has 0 atom stereocenters. The SMILES string of the molecule is O=c1ccc(-c2ccccc2F)nn1CCBr. The van der Waals surface area contributed by atoms with Crippen molar-refractivity contribution < 1.29 is 4.39 Å².